The molecular weight excluding hydrogens is 531 g/mol. The molecule has 1 atom stereocenters. The smallest absolute Gasteiger partial charge is 0.251 e. The molecule has 206 valence electrons. The van der Waals surface area contributed by atoms with Crippen molar-refractivity contribution in [2.75, 3.05) is 44.1 Å². The minimum Gasteiger partial charge on any atom is -0.355 e. The van der Waals surface area contributed by atoms with Gasteiger partial charge in [-0.3, -0.25) is 4.79 Å². The van der Waals surface area contributed by atoms with Crippen molar-refractivity contribution in [2.24, 2.45) is 0 Å². The standard InChI is InChI=1S/C29H36ClN6O2P/c1-31-28(37)21-9-13-25(26(17-21)39(2,3)38)34-27-24(30)18-32-29(35-27)33-22-10-6-19-7-11-23(12-8-20(19)16-22)36-14-4-5-15-36/h6,9-10,13,16-18,23H,4-5,7-8,11-12,14-15H2,1-3H3,(H,31,37)(H2,32,33,34,35). The Balaban J connectivity index is 1.34. The number of nitrogens with one attached hydrogen (secondary N) is 3. The average molecular weight is 567 g/mol. The van der Waals surface area contributed by atoms with Gasteiger partial charge >= 0.3 is 0 Å². The lowest BCUT2D eigenvalue weighted by atomic mass is 10.0. The van der Waals surface area contributed by atoms with Gasteiger partial charge in [-0.1, -0.05) is 17.7 Å². The van der Waals surface area contributed by atoms with E-state index < -0.39 is 7.14 Å². The third-order valence-corrected chi connectivity index (χ3v) is 9.48. The number of carbonyl (C=O) groups excluding carboxylic acids is 1. The maximum atomic E-state index is 13.1. The van der Waals surface area contributed by atoms with Gasteiger partial charge in [0, 0.05) is 29.6 Å². The van der Waals surface area contributed by atoms with Crippen LogP contribution in [-0.2, 0) is 17.4 Å². The second kappa shape index (κ2) is 11.7. The van der Waals surface area contributed by atoms with E-state index in [-0.39, 0.29) is 5.91 Å². The van der Waals surface area contributed by atoms with Crippen molar-refractivity contribution >= 4 is 53.1 Å². The summed E-state index contributed by atoms with van der Waals surface area (Å²) in [5, 5.41) is 10.0. The Bertz CT molecular complexity index is 1420. The van der Waals surface area contributed by atoms with E-state index in [0.717, 1.165) is 18.5 Å². The monoisotopic (exact) mass is 566 g/mol. The minimum absolute atomic E-state index is 0.241. The predicted molar refractivity (Wildman–Crippen MR) is 160 cm³/mol. The Hall–Kier alpha value is -2.93. The van der Waals surface area contributed by atoms with Crippen LogP contribution in [0.2, 0.25) is 5.02 Å². The van der Waals surface area contributed by atoms with E-state index in [1.165, 1.54) is 49.9 Å². The van der Waals surface area contributed by atoms with Gasteiger partial charge in [-0.25, -0.2) is 4.98 Å². The number of benzene rings is 2. The van der Waals surface area contributed by atoms with E-state index in [1.807, 2.05) is 0 Å². The molecule has 1 aliphatic carbocycles. The molecule has 0 radical (unpaired) electrons. The Labute approximate surface area is 235 Å². The van der Waals surface area contributed by atoms with Crippen LogP contribution in [0, 0.1) is 0 Å². The van der Waals surface area contributed by atoms with Crippen LogP contribution in [0.5, 0.6) is 0 Å². The average Bonchev–Trinajstić information content (AvgIpc) is 3.37. The van der Waals surface area contributed by atoms with Gasteiger partial charge in [0.1, 0.15) is 12.2 Å². The van der Waals surface area contributed by atoms with Crippen molar-refractivity contribution in [1.82, 2.24) is 20.2 Å². The molecule has 2 aliphatic rings. The highest BCUT2D eigenvalue weighted by atomic mass is 35.5. The first-order valence-corrected chi connectivity index (χ1v) is 16.5. The maximum absolute atomic E-state index is 13.1. The highest BCUT2D eigenvalue weighted by Gasteiger charge is 2.25. The first-order chi connectivity index (χ1) is 18.7. The number of aryl methyl sites for hydroxylation is 2. The molecule has 2 heterocycles. The van der Waals surface area contributed by atoms with E-state index in [0.29, 0.717) is 39.4 Å². The molecule has 1 aromatic heterocycles. The lowest BCUT2D eigenvalue weighted by Crippen LogP contribution is -2.32. The van der Waals surface area contributed by atoms with Crippen LogP contribution in [0.4, 0.5) is 23.1 Å². The van der Waals surface area contributed by atoms with Gasteiger partial charge in [0.15, 0.2) is 5.82 Å². The van der Waals surface area contributed by atoms with Gasteiger partial charge < -0.3 is 25.4 Å². The van der Waals surface area contributed by atoms with Crippen LogP contribution in [0.3, 0.4) is 0 Å². The third-order valence-electron chi connectivity index (χ3n) is 7.68. The Morgan fingerprint density at radius 2 is 1.77 bits per heavy atom. The van der Waals surface area contributed by atoms with Gasteiger partial charge in [-0.2, -0.15) is 4.98 Å². The van der Waals surface area contributed by atoms with E-state index in [1.54, 1.807) is 44.8 Å². The zero-order valence-corrected chi connectivity index (χ0v) is 24.4. The molecule has 8 nitrogen and oxygen atoms in total. The lowest BCUT2D eigenvalue weighted by Gasteiger charge is -2.25. The highest BCUT2D eigenvalue weighted by molar-refractivity contribution is 7.70. The zero-order valence-electron chi connectivity index (χ0n) is 22.8. The zero-order chi connectivity index (χ0) is 27.6. The largest absolute Gasteiger partial charge is 0.355 e. The van der Waals surface area contributed by atoms with Crippen molar-refractivity contribution in [2.45, 2.75) is 44.6 Å². The van der Waals surface area contributed by atoms with Gasteiger partial charge in [0.2, 0.25) is 5.95 Å². The molecule has 39 heavy (non-hydrogen) atoms. The van der Waals surface area contributed by atoms with Gasteiger partial charge in [0.25, 0.3) is 5.91 Å². The lowest BCUT2D eigenvalue weighted by molar-refractivity contribution is 0.0963. The first kappa shape index (κ1) is 27.6. The number of aromatic nitrogens is 2. The topological polar surface area (TPSA) is 99.2 Å². The normalized spacial score (nSPS) is 17.8. The van der Waals surface area contributed by atoms with Crippen molar-refractivity contribution in [1.29, 1.82) is 0 Å². The number of rotatable bonds is 7. The molecule has 1 fully saturated rings. The molecule has 0 saturated carbocycles. The predicted octanol–water partition coefficient (Wildman–Crippen LogP) is 5.57. The second-order valence-corrected chi connectivity index (χ2v) is 14.4. The summed E-state index contributed by atoms with van der Waals surface area (Å²) in [5.41, 5.74) is 4.77. The molecule has 0 spiro atoms. The number of halogens is 1. The summed E-state index contributed by atoms with van der Waals surface area (Å²) in [6.45, 7) is 5.82. The SMILES string of the molecule is CNC(=O)c1ccc(Nc2nc(Nc3ccc4c(c3)CCC(N3CCCC3)CC4)ncc2Cl)c(P(C)(C)=O)c1. The summed E-state index contributed by atoms with van der Waals surface area (Å²) >= 11 is 6.45. The van der Waals surface area contributed by atoms with Crippen LogP contribution >= 0.6 is 18.7 Å². The summed E-state index contributed by atoms with van der Waals surface area (Å²) in [7, 11) is -1.16. The highest BCUT2D eigenvalue weighted by Crippen LogP contribution is 2.39. The van der Waals surface area contributed by atoms with Crippen LogP contribution < -0.4 is 21.3 Å². The molecule has 1 aliphatic heterocycles. The summed E-state index contributed by atoms with van der Waals surface area (Å²) in [5.74, 6) is 0.556. The number of anilines is 4. The quantitative estimate of drug-likeness (QED) is 0.254. The van der Waals surface area contributed by atoms with Crippen LogP contribution in [0.15, 0.2) is 42.6 Å². The molecule has 2 aromatic carbocycles. The van der Waals surface area contributed by atoms with Crippen molar-refractivity contribution in [3.8, 4) is 0 Å². The summed E-state index contributed by atoms with van der Waals surface area (Å²) in [4.78, 5) is 23.8. The Kier molecular flexibility index (Phi) is 8.27. The number of hydrogen-bond acceptors (Lipinski definition) is 7. The van der Waals surface area contributed by atoms with E-state index in [9.17, 15) is 9.36 Å². The second-order valence-electron chi connectivity index (χ2n) is 10.8. The van der Waals surface area contributed by atoms with Crippen molar-refractivity contribution < 1.29 is 9.36 Å². The number of nitrogens with zero attached hydrogens (tertiary/aromatic N) is 3. The van der Waals surface area contributed by atoms with E-state index >= 15 is 0 Å². The molecule has 1 saturated heterocycles. The molecule has 3 N–H and O–H groups in total. The van der Waals surface area contributed by atoms with E-state index in [4.69, 9.17) is 11.6 Å². The summed E-state index contributed by atoms with van der Waals surface area (Å²) in [6.07, 6.45) is 8.80. The number of carbonyl (C=O) groups is 1. The van der Waals surface area contributed by atoms with Crippen LogP contribution in [0.1, 0.15) is 47.2 Å². The molecule has 3 aromatic rings. The minimum atomic E-state index is -2.73. The Morgan fingerprint density at radius 3 is 2.49 bits per heavy atom. The number of amides is 1. The number of fused-ring (bicyclic) bond motifs is 1. The molecule has 10 heteroatoms. The number of likely N-dealkylation sites (tertiary alicyclic amines) is 1. The Morgan fingerprint density at radius 1 is 1.03 bits per heavy atom. The van der Waals surface area contributed by atoms with Gasteiger partial charge in [-0.05, 0) is 106 Å². The van der Waals surface area contributed by atoms with Gasteiger partial charge in [-0.15, -0.1) is 0 Å². The molecule has 1 amide bonds. The first-order valence-electron chi connectivity index (χ1n) is 13.6. The summed E-state index contributed by atoms with van der Waals surface area (Å²) in [6, 6.07) is 12.3. The van der Waals surface area contributed by atoms with Gasteiger partial charge in [0.05, 0.1) is 11.9 Å². The molecule has 1 unspecified atom stereocenters. The van der Waals surface area contributed by atoms with Crippen LogP contribution in [0.25, 0.3) is 0 Å². The molecular formula is C29H36ClN6O2P. The molecule has 0 bridgehead atoms. The third kappa shape index (κ3) is 6.46. The van der Waals surface area contributed by atoms with Crippen LogP contribution in [-0.4, -0.2) is 60.3 Å². The maximum Gasteiger partial charge on any atom is 0.251 e. The summed E-state index contributed by atoms with van der Waals surface area (Å²) < 4.78 is 13.1. The van der Waals surface area contributed by atoms with E-state index in [2.05, 4.69) is 49.0 Å². The van der Waals surface area contributed by atoms with Crippen molar-refractivity contribution in [3.63, 3.8) is 0 Å². The fourth-order valence-electron chi connectivity index (χ4n) is 5.58. The van der Waals surface area contributed by atoms with Crippen molar-refractivity contribution in [3.05, 3.63) is 64.3 Å². The number of hydrogen-bond donors (Lipinski definition) is 3. The molecule has 5 rings (SSSR count). The fourth-order valence-corrected chi connectivity index (χ4v) is 6.88. The fraction of sp³-hybridized carbons (Fsp3) is 0.414.